The third kappa shape index (κ3) is 2.08. The van der Waals surface area contributed by atoms with Crippen LogP contribution in [-0.2, 0) is 0 Å². The second kappa shape index (κ2) is 5.05. The molecular weight excluding hydrogens is 340 g/mol. The van der Waals surface area contributed by atoms with E-state index in [9.17, 15) is 4.79 Å². The quantitative estimate of drug-likeness (QED) is 0.503. The number of hydrogen-bond acceptors (Lipinski definition) is 7. The highest BCUT2D eigenvalue weighted by Crippen LogP contribution is 2.41. The molecule has 25 heavy (non-hydrogen) atoms. The van der Waals surface area contributed by atoms with Crippen LogP contribution in [0.2, 0.25) is 0 Å². The summed E-state index contributed by atoms with van der Waals surface area (Å²) >= 11 is 1.37. The number of furan rings is 2. The first kappa shape index (κ1) is 14.0. The summed E-state index contributed by atoms with van der Waals surface area (Å²) in [6.45, 7) is 0. The average molecular weight is 350 g/mol. The van der Waals surface area contributed by atoms with Crippen LogP contribution in [-0.4, -0.2) is 15.0 Å². The fraction of sp³-hybridized carbons (Fsp3) is 0. The molecule has 0 bridgehead atoms. The van der Waals surface area contributed by atoms with Crippen LogP contribution in [0.25, 0.3) is 43.2 Å². The molecule has 0 atom stereocenters. The van der Waals surface area contributed by atoms with Crippen molar-refractivity contribution in [1.29, 1.82) is 0 Å². The molecule has 0 aliphatic heterocycles. The molecule has 3 N–H and O–H groups in total. The highest BCUT2D eigenvalue weighted by Gasteiger charge is 2.19. The minimum Gasteiger partial charge on any atom is -0.464 e. The molecule has 8 heteroatoms. The summed E-state index contributed by atoms with van der Waals surface area (Å²) in [5.74, 6) is 1.49. The number of H-pyrrole nitrogens is 1. The predicted molar refractivity (Wildman–Crippen MR) is 95.4 cm³/mol. The van der Waals surface area contributed by atoms with Crippen molar-refractivity contribution >= 4 is 37.6 Å². The summed E-state index contributed by atoms with van der Waals surface area (Å²) in [4.78, 5) is 23.7. The summed E-state index contributed by atoms with van der Waals surface area (Å²) in [7, 11) is 0. The number of nitrogen functional groups attached to an aromatic ring is 1. The molecule has 0 amide bonds. The first-order valence-corrected chi connectivity index (χ1v) is 8.23. The maximum atomic E-state index is 11.8. The van der Waals surface area contributed by atoms with Crippen LogP contribution in [0.1, 0.15) is 0 Å². The van der Waals surface area contributed by atoms with Gasteiger partial charge in [-0.3, -0.25) is 0 Å². The number of aromatic amines is 1. The second-order valence-electron chi connectivity index (χ2n) is 5.42. The molecule has 5 rings (SSSR count). The lowest BCUT2D eigenvalue weighted by atomic mass is 10.1. The lowest BCUT2D eigenvalue weighted by Gasteiger charge is -2.04. The number of pyridine rings is 1. The Kier molecular flexibility index (Phi) is 2.83. The number of nitrogens with two attached hydrogens (primary N) is 1. The molecule has 0 unspecified atom stereocenters. The molecule has 0 fully saturated rings. The topological polar surface area (TPSA) is 111 Å². The summed E-state index contributed by atoms with van der Waals surface area (Å²) in [5.41, 5.74) is 7.52. The van der Waals surface area contributed by atoms with Gasteiger partial charge in [-0.15, -0.1) is 11.3 Å². The van der Waals surface area contributed by atoms with Gasteiger partial charge in [0, 0.05) is 10.9 Å². The van der Waals surface area contributed by atoms with Crippen molar-refractivity contribution in [3.63, 3.8) is 0 Å². The maximum absolute atomic E-state index is 11.8. The molecule has 7 nitrogen and oxygen atoms in total. The number of aromatic nitrogens is 3. The minimum absolute atomic E-state index is 0.187. The number of nitrogens with one attached hydrogen (secondary N) is 1. The molecule has 122 valence electrons. The van der Waals surface area contributed by atoms with E-state index in [-0.39, 0.29) is 5.82 Å². The van der Waals surface area contributed by atoms with Crippen LogP contribution in [0.4, 0.5) is 5.82 Å². The molecule has 5 aromatic rings. The largest absolute Gasteiger partial charge is 0.464 e. The lowest BCUT2D eigenvalue weighted by molar-refractivity contribution is 0.579. The van der Waals surface area contributed by atoms with Gasteiger partial charge in [0.1, 0.15) is 22.1 Å². The summed E-state index contributed by atoms with van der Waals surface area (Å²) in [6.07, 6.45) is 3.19. The van der Waals surface area contributed by atoms with Crippen molar-refractivity contribution in [3.05, 3.63) is 53.3 Å². The molecule has 5 heterocycles. The second-order valence-corrected chi connectivity index (χ2v) is 6.42. The standard InChI is InChI=1S/C17H10N4O3S/c18-15-14-13(20-17(22)21-15)12-8(10-3-1-5-23-10)7-9(19-16(12)25-14)11-4-2-6-24-11/h1-7H,(H3,18,20,21,22). The summed E-state index contributed by atoms with van der Waals surface area (Å²) in [6, 6.07) is 9.18. The van der Waals surface area contributed by atoms with Gasteiger partial charge in [0.05, 0.1) is 22.7 Å². The molecule has 0 aliphatic carbocycles. The number of fused-ring (bicyclic) bond motifs is 3. The Morgan fingerprint density at radius 1 is 1.08 bits per heavy atom. The number of nitrogens with zero attached hydrogens (tertiary/aromatic N) is 2. The van der Waals surface area contributed by atoms with Crippen LogP contribution in [0.15, 0.2) is 56.5 Å². The molecule has 0 saturated heterocycles. The van der Waals surface area contributed by atoms with Gasteiger partial charge in [-0.2, -0.15) is 4.98 Å². The van der Waals surface area contributed by atoms with Gasteiger partial charge < -0.3 is 19.6 Å². The Morgan fingerprint density at radius 2 is 1.84 bits per heavy atom. The van der Waals surface area contributed by atoms with Crippen molar-refractivity contribution in [2.45, 2.75) is 0 Å². The molecular formula is C17H10N4O3S. The average Bonchev–Trinajstić information content (AvgIpc) is 3.34. The van der Waals surface area contributed by atoms with E-state index in [0.29, 0.717) is 32.3 Å². The highest BCUT2D eigenvalue weighted by molar-refractivity contribution is 7.26. The fourth-order valence-electron chi connectivity index (χ4n) is 2.87. The molecule has 0 aromatic carbocycles. The van der Waals surface area contributed by atoms with Crippen molar-refractivity contribution in [3.8, 4) is 22.8 Å². The third-order valence-corrected chi connectivity index (χ3v) is 5.02. The van der Waals surface area contributed by atoms with Crippen molar-refractivity contribution in [2.75, 3.05) is 5.73 Å². The normalized spacial score (nSPS) is 11.5. The van der Waals surface area contributed by atoms with Crippen molar-refractivity contribution < 1.29 is 8.83 Å². The zero-order chi connectivity index (χ0) is 17.0. The van der Waals surface area contributed by atoms with E-state index in [4.69, 9.17) is 14.6 Å². The predicted octanol–water partition coefficient (Wildman–Crippen LogP) is 3.64. The van der Waals surface area contributed by atoms with Crippen molar-refractivity contribution in [2.24, 2.45) is 0 Å². The smallest absolute Gasteiger partial charge is 0.347 e. The van der Waals surface area contributed by atoms with Gasteiger partial charge in [0.25, 0.3) is 0 Å². The van der Waals surface area contributed by atoms with Crippen LogP contribution in [0.3, 0.4) is 0 Å². The Balaban J connectivity index is 1.97. The fourth-order valence-corrected chi connectivity index (χ4v) is 3.93. The first-order chi connectivity index (χ1) is 12.2. The monoisotopic (exact) mass is 350 g/mol. The lowest BCUT2D eigenvalue weighted by Crippen LogP contribution is -2.11. The zero-order valence-electron chi connectivity index (χ0n) is 12.6. The Bertz CT molecular complexity index is 1270. The summed E-state index contributed by atoms with van der Waals surface area (Å²) < 4.78 is 11.7. The van der Waals surface area contributed by atoms with E-state index < -0.39 is 5.69 Å². The molecule has 0 saturated carbocycles. The number of hydrogen-bond donors (Lipinski definition) is 2. The minimum atomic E-state index is -0.495. The molecule has 0 radical (unpaired) electrons. The number of thiophene rings is 1. The van der Waals surface area contributed by atoms with Crippen molar-refractivity contribution in [1.82, 2.24) is 15.0 Å². The van der Waals surface area contributed by atoms with E-state index in [0.717, 1.165) is 10.9 Å². The zero-order valence-corrected chi connectivity index (χ0v) is 13.5. The first-order valence-electron chi connectivity index (χ1n) is 7.41. The van der Waals surface area contributed by atoms with Gasteiger partial charge in [-0.25, -0.2) is 9.78 Å². The van der Waals surface area contributed by atoms with Crippen LogP contribution < -0.4 is 11.4 Å². The van der Waals surface area contributed by atoms with E-state index >= 15 is 0 Å². The molecule has 0 spiro atoms. The Hall–Kier alpha value is -3.39. The number of anilines is 1. The Morgan fingerprint density at radius 3 is 2.56 bits per heavy atom. The highest BCUT2D eigenvalue weighted by atomic mass is 32.1. The van der Waals surface area contributed by atoms with E-state index in [1.54, 1.807) is 24.7 Å². The van der Waals surface area contributed by atoms with E-state index in [2.05, 4.69) is 15.0 Å². The van der Waals surface area contributed by atoms with Gasteiger partial charge in [0.2, 0.25) is 0 Å². The van der Waals surface area contributed by atoms with Gasteiger partial charge in [0.15, 0.2) is 5.76 Å². The maximum Gasteiger partial charge on any atom is 0.347 e. The van der Waals surface area contributed by atoms with Gasteiger partial charge >= 0.3 is 5.69 Å². The SMILES string of the molecule is Nc1nc(=O)[nH]c2c1sc1nc(-c3ccco3)cc(-c3ccco3)c12. The van der Waals surface area contributed by atoms with Gasteiger partial charge in [-0.1, -0.05) is 0 Å². The van der Waals surface area contributed by atoms with E-state index in [1.807, 2.05) is 18.2 Å². The van der Waals surface area contributed by atoms with Crippen LogP contribution in [0.5, 0.6) is 0 Å². The van der Waals surface area contributed by atoms with Crippen LogP contribution in [0, 0.1) is 0 Å². The van der Waals surface area contributed by atoms with Gasteiger partial charge in [-0.05, 0) is 30.3 Å². The molecule has 5 aromatic heterocycles. The third-order valence-electron chi connectivity index (χ3n) is 3.91. The Labute approximate surface area is 143 Å². The van der Waals surface area contributed by atoms with E-state index in [1.165, 1.54) is 11.3 Å². The molecule has 0 aliphatic rings. The van der Waals surface area contributed by atoms with Crippen LogP contribution >= 0.6 is 11.3 Å². The summed E-state index contributed by atoms with van der Waals surface area (Å²) in [5, 5.41) is 0.774. The number of rotatable bonds is 2.